The molecule has 1 saturated carbocycles. The second-order valence-corrected chi connectivity index (χ2v) is 8.72. The number of benzene rings is 1. The average Bonchev–Trinajstić information content (AvgIpc) is 3.23. The van der Waals surface area contributed by atoms with Crippen molar-refractivity contribution >= 4 is 0 Å². The van der Waals surface area contributed by atoms with E-state index >= 15 is 0 Å². The molecule has 0 bridgehead atoms. The smallest absolute Gasteiger partial charge is 0.0968 e. The van der Waals surface area contributed by atoms with Crippen molar-refractivity contribution in [2.75, 3.05) is 7.05 Å². The van der Waals surface area contributed by atoms with E-state index in [9.17, 15) is 0 Å². The first-order chi connectivity index (χ1) is 14.0. The first-order valence-electron chi connectivity index (χ1n) is 10.8. The zero-order valence-electron chi connectivity index (χ0n) is 18.2. The average molecular weight is 392 g/mol. The van der Waals surface area contributed by atoms with Gasteiger partial charge in [0, 0.05) is 56.3 Å². The number of hydrogen-bond acceptors (Lipinski definition) is 3. The number of hydrogen-bond donors (Lipinski definition) is 0. The van der Waals surface area contributed by atoms with Gasteiger partial charge in [0.1, 0.15) is 0 Å². The van der Waals surface area contributed by atoms with Gasteiger partial charge in [0.25, 0.3) is 0 Å². The normalized spacial score (nSPS) is 15.3. The lowest BCUT2D eigenvalue weighted by molar-refractivity contribution is 0.318. The predicted molar refractivity (Wildman–Crippen MR) is 118 cm³/mol. The van der Waals surface area contributed by atoms with Crippen molar-refractivity contribution in [2.24, 2.45) is 14.1 Å². The number of rotatable bonds is 6. The molecule has 2 heterocycles. The van der Waals surface area contributed by atoms with E-state index in [0.717, 1.165) is 30.4 Å². The van der Waals surface area contributed by atoms with Crippen LogP contribution in [0.5, 0.6) is 0 Å². The van der Waals surface area contributed by atoms with Crippen LogP contribution in [0.2, 0.25) is 0 Å². The van der Waals surface area contributed by atoms with Crippen LogP contribution in [0.3, 0.4) is 0 Å². The summed E-state index contributed by atoms with van der Waals surface area (Å²) in [5, 5.41) is 9.24. The van der Waals surface area contributed by atoms with Crippen molar-refractivity contribution < 1.29 is 0 Å². The topological polar surface area (TPSA) is 38.9 Å². The van der Waals surface area contributed by atoms with Crippen molar-refractivity contribution in [3.63, 3.8) is 0 Å². The Morgan fingerprint density at radius 2 is 1.52 bits per heavy atom. The molecule has 154 valence electrons. The Morgan fingerprint density at radius 1 is 0.897 bits per heavy atom. The summed E-state index contributed by atoms with van der Waals surface area (Å²) in [6.07, 6.45) is 11.1. The SMILES string of the molecule is Cc1nn(C)cc1CN(C)Cc1cn(C)nc1-c1ccc(C2CCCCC2)cc1. The third-order valence-electron chi connectivity index (χ3n) is 6.16. The fraction of sp³-hybridized carbons (Fsp3) is 0.500. The molecule has 1 aromatic carbocycles. The van der Waals surface area contributed by atoms with Crippen molar-refractivity contribution in [3.05, 3.63) is 59.0 Å². The Kier molecular flexibility index (Phi) is 5.86. The summed E-state index contributed by atoms with van der Waals surface area (Å²) in [7, 11) is 6.15. The maximum absolute atomic E-state index is 4.78. The Balaban J connectivity index is 1.49. The summed E-state index contributed by atoms with van der Waals surface area (Å²) in [4.78, 5) is 2.33. The third-order valence-corrected chi connectivity index (χ3v) is 6.16. The van der Waals surface area contributed by atoms with E-state index in [1.807, 2.05) is 23.5 Å². The molecular formula is C24H33N5. The summed E-state index contributed by atoms with van der Waals surface area (Å²) in [6, 6.07) is 9.18. The lowest BCUT2D eigenvalue weighted by Gasteiger charge is -2.22. The molecule has 0 N–H and O–H groups in total. The standard InChI is InChI=1S/C24H33N5/c1-18-22(16-28(3)25-18)14-27(2)15-23-17-29(4)26-24(23)21-12-10-20(11-13-21)19-8-6-5-7-9-19/h10-13,16-17,19H,5-9,14-15H2,1-4H3. The minimum absolute atomic E-state index is 0.745. The zero-order valence-corrected chi connectivity index (χ0v) is 18.2. The highest BCUT2D eigenvalue weighted by Gasteiger charge is 2.17. The molecular weight excluding hydrogens is 358 g/mol. The Labute approximate surface area is 174 Å². The maximum Gasteiger partial charge on any atom is 0.0968 e. The fourth-order valence-electron chi connectivity index (χ4n) is 4.69. The van der Waals surface area contributed by atoms with Gasteiger partial charge in [-0.15, -0.1) is 0 Å². The zero-order chi connectivity index (χ0) is 20.4. The Hall–Kier alpha value is -2.40. The highest BCUT2D eigenvalue weighted by molar-refractivity contribution is 5.63. The molecule has 0 atom stereocenters. The predicted octanol–water partition coefficient (Wildman–Crippen LogP) is 4.81. The molecule has 1 fully saturated rings. The third kappa shape index (κ3) is 4.61. The van der Waals surface area contributed by atoms with Crippen LogP contribution in [0.4, 0.5) is 0 Å². The summed E-state index contributed by atoms with van der Waals surface area (Å²) in [5.41, 5.74) is 7.45. The van der Waals surface area contributed by atoms with E-state index in [-0.39, 0.29) is 0 Å². The number of aromatic nitrogens is 4. The van der Waals surface area contributed by atoms with Gasteiger partial charge in [0.15, 0.2) is 0 Å². The summed E-state index contributed by atoms with van der Waals surface area (Å²) >= 11 is 0. The van der Waals surface area contributed by atoms with Crippen LogP contribution < -0.4 is 0 Å². The highest BCUT2D eigenvalue weighted by Crippen LogP contribution is 2.34. The number of nitrogens with zero attached hydrogens (tertiary/aromatic N) is 5. The van der Waals surface area contributed by atoms with Crippen molar-refractivity contribution in [1.29, 1.82) is 0 Å². The van der Waals surface area contributed by atoms with Gasteiger partial charge < -0.3 is 0 Å². The molecule has 0 amide bonds. The van der Waals surface area contributed by atoms with E-state index in [2.05, 4.69) is 60.6 Å². The van der Waals surface area contributed by atoms with Gasteiger partial charge in [-0.3, -0.25) is 14.3 Å². The molecule has 0 unspecified atom stereocenters. The molecule has 29 heavy (non-hydrogen) atoms. The molecule has 0 aliphatic heterocycles. The van der Waals surface area contributed by atoms with Crippen LogP contribution in [-0.2, 0) is 27.2 Å². The van der Waals surface area contributed by atoms with Crippen molar-refractivity contribution in [2.45, 2.75) is 58.0 Å². The molecule has 3 aromatic rings. The fourth-order valence-corrected chi connectivity index (χ4v) is 4.69. The van der Waals surface area contributed by atoms with E-state index in [0.29, 0.717) is 0 Å². The van der Waals surface area contributed by atoms with Crippen LogP contribution in [0.1, 0.15) is 60.4 Å². The number of aryl methyl sites for hydroxylation is 3. The van der Waals surface area contributed by atoms with Gasteiger partial charge in [-0.25, -0.2) is 0 Å². The molecule has 0 saturated heterocycles. The largest absolute Gasteiger partial charge is 0.298 e. The second-order valence-electron chi connectivity index (χ2n) is 8.72. The van der Waals surface area contributed by atoms with E-state index in [1.165, 1.54) is 54.4 Å². The first kappa shape index (κ1) is 19.9. The quantitative estimate of drug-likeness (QED) is 0.605. The van der Waals surface area contributed by atoms with Gasteiger partial charge in [-0.1, -0.05) is 43.5 Å². The second kappa shape index (κ2) is 8.54. The van der Waals surface area contributed by atoms with E-state index < -0.39 is 0 Å². The van der Waals surface area contributed by atoms with Gasteiger partial charge in [-0.05, 0) is 38.3 Å². The van der Waals surface area contributed by atoms with E-state index in [4.69, 9.17) is 5.10 Å². The lowest BCUT2D eigenvalue weighted by atomic mass is 9.84. The van der Waals surface area contributed by atoms with Crippen LogP contribution in [-0.4, -0.2) is 31.5 Å². The van der Waals surface area contributed by atoms with Crippen LogP contribution in [0.25, 0.3) is 11.3 Å². The van der Waals surface area contributed by atoms with Crippen LogP contribution in [0, 0.1) is 6.92 Å². The molecule has 1 aliphatic carbocycles. The summed E-state index contributed by atoms with van der Waals surface area (Å²) in [6.45, 7) is 3.82. The summed E-state index contributed by atoms with van der Waals surface area (Å²) < 4.78 is 3.82. The Morgan fingerprint density at radius 3 is 2.17 bits per heavy atom. The van der Waals surface area contributed by atoms with Crippen LogP contribution >= 0.6 is 0 Å². The molecule has 5 heteroatoms. The minimum atomic E-state index is 0.745. The van der Waals surface area contributed by atoms with Crippen molar-refractivity contribution in [1.82, 2.24) is 24.5 Å². The van der Waals surface area contributed by atoms with Crippen molar-refractivity contribution in [3.8, 4) is 11.3 Å². The molecule has 5 nitrogen and oxygen atoms in total. The summed E-state index contributed by atoms with van der Waals surface area (Å²) in [5.74, 6) is 0.745. The Bertz CT molecular complexity index is 944. The van der Waals surface area contributed by atoms with E-state index in [1.54, 1.807) is 0 Å². The molecule has 0 spiro atoms. The minimum Gasteiger partial charge on any atom is -0.298 e. The first-order valence-corrected chi connectivity index (χ1v) is 10.8. The van der Waals surface area contributed by atoms with Gasteiger partial charge in [0.2, 0.25) is 0 Å². The highest BCUT2D eigenvalue weighted by atomic mass is 15.3. The molecule has 1 aliphatic rings. The maximum atomic E-state index is 4.78. The molecule has 0 radical (unpaired) electrons. The van der Waals surface area contributed by atoms with Gasteiger partial charge in [0.05, 0.1) is 11.4 Å². The lowest BCUT2D eigenvalue weighted by Crippen LogP contribution is -2.17. The molecule has 2 aromatic heterocycles. The van der Waals surface area contributed by atoms with Gasteiger partial charge >= 0.3 is 0 Å². The van der Waals surface area contributed by atoms with Gasteiger partial charge in [-0.2, -0.15) is 10.2 Å². The monoisotopic (exact) mass is 391 g/mol. The van der Waals surface area contributed by atoms with Crippen LogP contribution in [0.15, 0.2) is 36.7 Å². The molecule has 4 rings (SSSR count).